The molecule has 1 amide bonds. The largest absolute Gasteiger partial charge is 0.351 e. The monoisotopic (exact) mass is 400 g/mol. The number of hydrogen-bond acceptors (Lipinski definition) is 5. The van der Waals surface area contributed by atoms with Crippen molar-refractivity contribution < 1.29 is 9.18 Å². The normalized spacial score (nSPS) is 21.1. The maximum absolute atomic E-state index is 14.0. The molecular weight excluding hydrogens is 383 g/mol. The smallest absolute Gasteiger partial charge is 0.227 e. The Balaban J connectivity index is 1.31. The number of nitrogens with zero attached hydrogens (tertiary/aromatic N) is 6. The number of aryl methyl sites for hydroxylation is 1. The van der Waals surface area contributed by atoms with Crippen LogP contribution in [0.3, 0.4) is 0 Å². The summed E-state index contributed by atoms with van der Waals surface area (Å²) in [4.78, 5) is 16.8. The van der Waals surface area contributed by atoms with E-state index in [-0.39, 0.29) is 30.0 Å². The van der Waals surface area contributed by atoms with Gasteiger partial charge in [0.05, 0.1) is 18.5 Å². The van der Waals surface area contributed by atoms with Crippen molar-refractivity contribution in [2.45, 2.75) is 31.8 Å². The minimum atomic E-state index is -0.435. The number of piperidine rings is 1. The Morgan fingerprint density at radius 2 is 2.00 bits per heavy atom. The average Bonchev–Trinajstić information content (AvgIpc) is 3.05. The molecule has 0 saturated carbocycles. The average molecular weight is 401 g/mol. The Hall–Kier alpha value is -2.74. The molecule has 2 aromatic heterocycles. The minimum absolute atomic E-state index is 0.0113. The maximum atomic E-state index is 14.0. The molecule has 2 unspecified atom stereocenters. The molecule has 3 aromatic rings. The van der Waals surface area contributed by atoms with Gasteiger partial charge >= 0.3 is 0 Å². The molecule has 0 radical (unpaired) electrons. The highest BCUT2D eigenvalue weighted by Gasteiger charge is 2.47. The Morgan fingerprint density at radius 3 is 2.75 bits per heavy atom. The van der Waals surface area contributed by atoms with Crippen molar-refractivity contribution in [2.75, 3.05) is 18.0 Å². The summed E-state index contributed by atoms with van der Waals surface area (Å²) in [6.07, 6.45) is 0.948. The summed E-state index contributed by atoms with van der Waals surface area (Å²) in [5.74, 6) is 1.06. The molecule has 3 fully saturated rings. The lowest BCUT2D eigenvalue weighted by Gasteiger charge is -2.56. The second kappa shape index (κ2) is 6.41. The van der Waals surface area contributed by atoms with Gasteiger partial charge < -0.3 is 9.80 Å². The second-order valence-electron chi connectivity index (χ2n) is 7.34. The first-order valence-corrected chi connectivity index (χ1v) is 9.57. The number of rotatable bonds is 3. The quantitative estimate of drug-likeness (QED) is 0.674. The van der Waals surface area contributed by atoms with Crippen LogP contribution in [0.2, 0.25) is 5.02 Å². The van der Waals surface area contributed by atoms with Crippen LogP contribution in [0, 0.1) is 12.7 Å². The van der Waals surface area contributed by atoms with Gasteiger partial charge in [-0.1, -0.05) is 17.7 Å². The van der Waals surface area contributed by atoms with Crippen molar-refractivity contribution in [3.8, 4) is 0 Å². The minimum Gasteiger partial charge on any atom is -0.351 e. The van der Waals surface area contributed by atoms with Gasteiger partial charge in [0, 0.05) is 23.7 Å². The van der Waals surface area contributed by atoms with Crippen molar-refractivity contribution >= 4 is 29.0 Å². The van der Waals surface area contributed by atoms with Crippen LogP contribution in [0.15, 0.2) is 30.3 Å². The van der Waals surface area contributed by atoms with Gasteiger partial charge in [-0.15, -0.1) is 15.3 Å². The number of anilines is 1. The number of amides is 1. The number of hydrogen-bond donors (Lipinski definition) is 0. The third kappa shape index (κ3) is 2.71. The van der Waals surface area contributed by atoms with Crippen molar-refractivity contribution in [2.24, 2.45) is 0 Å². The number of benzene rings is 1. The molecule has 3 aliphatic heterocycles. The van der Waals surface area contributed by atoms with Crippen molar-refractivity contribution in [3.63, 3.8) is 0 Å². The van der Waals surface area contributed by atoms with E-state index in [0.29, 0.717) is 23.8 Å². The van der Waals surface area contributed by atoms with Crippen LogP contribution in [-0.4, -0.2) is 55.8 Å². The highest BCUT2D eigenvalue weighted by molar-refractivity contribution is 6.31. The van der Waals surface area contributed by atoms with Gasteiger partial charge in [-0.05, 0) is 37.6 Å². The van der Waals surface area contributed by atoms with Gasteiger partial charge in [0.2, 0.25) is 5.91 Å². The first kappa shape index (κ1) is 17.4. The lowest BCUT2D eigenvalue weighted by Crippen LogP contribution is -2.70. The SMILES string of the molecule is Cc1nnc2ccc(N3CC4CC(C3)N4C(=O)Cc3c(F)cccc3Cl)nn12. The van der Waals surface area contributed by atoms with E-state index in [9.17, 15) is 9.18 Å². The van der Waals surface area contributed by atoms with Gasteiger partial charge in [0.1, 0.15) is 11.6 Å². The Morgan fingerprint density at radius 1 is 1.21 bits per heavy atom. The predicted octanol–water partition coefficient (Wildman–Crippen LogP) is 2.26. The van der Waals surface area contributed by atoms with Crippen LogP contribution in [0.25, 0.3) is 5.65 Å². The molecule has 3 saturated heterocycles. The molecule has 144 valence electrons. The van der Waals surface area contributed by atoms with Gasteiger partial charge in [0.25, 0.3) is 0 Å². The summed E-state index contributed by atoms with van der Waals surface area (Å²) >= 11 is 6.07. The Labute approximate surface area is 165 Å². The van der Waals surface area contributed by atoms with Crippen LogP contribution in [0.4, 0.5) is 10.2 Å². The molecule has 3 aliphatic rings. The summed E-state index contributed by atoms with van der Waals surface area (Å²) < 4.78 is 15.7. The standard InChI is InChI=1S/C19H18ClFN6O/c1-11-22-23-17-5-6-18(24-27(11)17)25-9-12-7-13(10-25)26(12)19(28)8-14-15(20)3-2-4-16(14)21/h2-6,12-13H,7-10H2,1H3. The van der Waals surface area contributed by atoms with E-state index >= 15 is 0 Å². The van der Waals surface area contributed by atoms with E-state index in [1.165, 1.54) is 6.07 Å². The van der Waals surface area contributed by atoms with Crippen LogP contribution in [0.1, 0.15) is 17.8 Å². The van der Waals surface area contributed by atoms with Gasteiger partial charge in [-0.3, -0.25) is 4.79 Å². The summed E-state index contributed by atoms with van der Waals surface area (Å²) in [5.41, 5.74) is 0.980. The first-order chi connectivity index (χ1) is 13.5. The number of piperazine rings is 1. The van der Waals surface area contributed by atoms with E-state index in [4.69, 9.17) is 11.6 Å². The number of carbonyl (C=O) groups is 1. The Bertz CT molecular complexity index is 1050. The van der Waals surface area contributed by atoms with E-state index in [2.05, 4.69) is 20.2 Å². The fourth-order valence-corrected chi connectivity index (χ4v) is 4.43. The van der Waals surface area contributed by atoms with Gasteiger partial charge in [-0.2, -0.15) is 4.52 Å². The topological polar surface area (TPSA) is 66.6 Å². The second-order valence-corrected chi connectivity index (χ2v) is 7.74. The highest BCUT2D eigenvalue weighted by Crippen LogP contribution is 2.35. The maximum Gasteiger partial charge on any atom is 0.227 e. The third-order valence-corrected chi connectivity index (χ3v) is 5.95. The van der Waals surface area contributed by atoms with Crippen molar-refractivity contribution in [1.29, 1.82) is 0 Å². The van der Waals surface area contributed by atoms with Crippen LogP contribution in [0.5, 0.6) is 0 Å². The first-order valence-electron chi connectivity index (χ1n) is 9.19. The van der Waals surface area contributed by atoms with Gasteiger partial charge in [0.15, 0.2) is 11.5 Å². The molecule has 5 heterocycles. The lowest BCUT2D eigenvalue weighted by molar-refractivity contribution is -0.145. The van der Waals surface area contributed by atoms with E-state index in [0.717, 1.165) is 18.1 Å². The van der Waals surface area contributed by atoms with E-state index in [1.807, 2.05) is 24.0 Å². The van der Waals surface area contributed by atoms with Crippen LogP contribution >= 0.6 is 11.6 Å². The predicted molar refractivity (Wildman–Crippen MR) is 102 cm³/mol. The molecule has 0 aliphatic carbocycles. The van der Waals surface area contributed by atoms with Crippen LogP contribution in [-0.2, 0) is 11.2 Å². The molecular formula is C19H18ClFN6O. The summed E-state index contributed by atoms with van der Waals surface area (Å²) in [6, 6.07) is 8.53. The lowest BCUT2D eigenvalue weighted by atomic mass is 9.86. The zero-order chi connectivity index (χ0) is 19.4. The third-order valence-electron chi connectivity index (χ3n) is 5.60. The van der Waals surface area contributed by atoms with E-state index < -0.39 is 5.82 Å². The summed E-state index contributed by atoms with van der Waals surface area (Å²) in [5, 5.41) is 13.0. The molecule has 7 nitrogen and oxygen atoms in total. The fourth-order valence-electron chi connectivity index (χ4n) is 4.20. The zero-order valence-electron chi connectivity index (χ0n) is 15.2. The number of halogens is 2. The molecule has 28 heavy (non-hydrogen) atoms. The van der Waals surface area contributed by atoms with Crippen molar-refractivity contribution in [1.82, 2.24) is 24.7 Å². The molecule has 0 spiro atoms. The molecule has 0 N–H and O–H groups in total. The number of fused-ring (bicyclic) bond motifs is 3. The van der Waals surface area contributed by atoms with Crippen molar-refractivity contribution in [3.05, 3.63) is 52.6 Å². The van der Waals surface area contributed by atoms with E-state index in [1.54, 1.807) is 16.6 Å². The summed E-state index contributed by atoms with van der Waals surface area (Å²) in [7, 11) is 0. The molecule has 2 bridgehead atoms. The molecule has 2 atom stereocenters. The zero-order valence-corrected chi connectivity index (χ0v) is 16.0. The number of aromatic nitrogens is 4. The molecule has 1 aromatic carbocycles. The Kier molecular flexibility index (Phi) is 3.97. The molecule has 6 rings (SSSR count). The van der Waals surface area contributed by atoms with Gasteiger partial charge in [-0.25, -0.2) is 4.39 Å². The summed E-state index contributed by atoms with van der Waals surface area (Å²) in [6.45, 7) is 3.26. The van der Waals surface area contributed by atoms with Crippen LogP contribution < -0.4 is 4.90 Å². The highest BCUT2D eigenvalue weighted by atomic mass is 35.5. The fraction of sp³-hybridized carbons (Fsp3) is 0.368. The number of carbonyl (C=O) groups excluding carboxylic acids is 1. The molecule has 9 heteroatoms.